The van der Waals surface area contributed by atoms with Crippen molar-refractivity contribution in [3.05, 3.63) is 41.6 Å². The monoisotopic (exact) mass is 428 g/mol. The van der Waals surface area contributed by atoms with Crippen molar-refractivity contribution in [3.63, 3.8) is 0 Å². The number of nitrogens with zero attached hydrogens (tertiary/aromatic N) is 2. The van der Waals surface area contributed by atoms with Gasteiger partial charge in [-0.25, -0.2) is 0 Å². The van der Waals surface area contributed by atoms with E-state index in [9.17, 15) is 14.4 Å². The summed E-state index contributed by atoms with van der Waals surface area (Å²) in [6.45, 7) is 3.39. The number of methoxy groups -OCH3 is 1. The smallest absolute Gasteiger partial charge is 0.265 e. The Kier molecular flexibility index (Phi) is 6.96. The lowest BCUT2D eigenvalue weighted by molar-refractivity contribution is -0.128. The number of nitrogens with one attached hydrogen (secondary N) is 2. The Balaban J connectivity index is 1.89. The molecule has 0 spiro atoms. The summed E-state index contributed by atoms with van der Waals surface area (Å²) in [6.07, 6.45) is 4.06. The summed E-state index contributed by atoms with van der Waals surface area (Å²) in [4.78, 5) is 38.7. The van der Waals surface area contributed by atoms with Crippen LogP contribution in [0.25, 0.3) is 17.0 Å². The SMILES string of the molecule is CCN1C(=O)/C(=C/c2cn(CC(=O)NCCCOC)c3ccccc23)C(=O)NC1=S. The van der Waals surface area contributed by atoms with E-state index in [1.54, 1.807) is 30.9 Å². The lowest BCUT2D eigenvalue weighted by Crippen LogP contribution is -2.53. The van der Waals surface area contributed by atoms with Gasteiger partial charge < -0.3 is 14.6 Å². The fraction of sp³-hybridized carbons (Fsp3) is 0.333. The molecule has 0 unspecified atom stereocenters. The lowest BCUT2D eigenvalue weighted by Gasteiger charge is -2.27. The van der Waals surface area contributed by atoms with Gasteiger partial charge in [-0.3, -0.25) is 24.6 Å². The Morgan fingerprint density at radius 3 is 2.80 bits per heavy atom. The molecule has 0 radical (unpaired) electrons. The van der Waals surface area contributed by atoms with E-state index in [0.717, 1.165) is 17.3 Å². The number of carbonyl (C=O) groups excluding carboxylic acids is 3. The van der Waals surface area contributed by atoms with Crippen molar-refractivity contribution in [2.24, 2.45) is 0 Å². The van der Waals surface area contributed by atoms with Crippen LogP contribution in [0.15, 0.2) is 36.0 Å². The van der Waals surface area contributed by atoms with Crippen LogP contribution in [0, 0.1) is 0 Å². The molecule has 1 aliphatic heterocycles. The van der Waals surface area contributed by atoms with Gasteiger partial charge in [-0.15, -0.1) is 0 Å². The molecule has 0 atom stereocenters. The molecule has 0 aliphatic carbocycles. The molecule has 1 aromatic carbocycles. The minimum atomic E-state index is -0.526. The van der Waals surface area contributed by atoms with Crippen LogP contribution in [-0.2, 0) is 25.7 Å². The minimum absolute atomic E-state index is 0.0115. The van der Waals surface area contributed by atoms with Gasteiger partial charge in [-0.2, -0.15) is 0 Å². The van der Waals surface area contributed by atoms with Crippen LogP contribution in [0.3, 0.4) is 0 Å². The third kappa shape index (κ3) is 4.58. The fourth-order valence-electron chi connectivity index (χ4n) is 3.31. The van der Waals surface area contributed by atoms with Gasteiger partial charge in [0.1, 0.15) is 12.1 Å². The van der Waals surface area contributed by atoms with Gasteiger partial charge in [-0.1, -0.05) is 18.2 Å². The summed E-state index contributed by atoms with van der Waals surface area (Å²) in [7, 11) is 1.62. The molecule has 1 aliphatic rings. The summed E-state index contributed by atoms with van der Waals surface area (Å²) < 4.78 is 6.79. The average molecular weight is 429 g/mol. The predicted octanol–water partition coefficient (Wildman–Crippen LogP) is 1.44. The van der Waals surface area contributed by atoms with Gasteiger partial charge in [0.25, 0.3) is 11.8 Å². The van der Waals surface area contributed by atoms with Crippen LogP contribution in [0.2, 0.25) is 0 Å². The largest absolute Gasteiger partial charge is 0.385 e. The van der Waals surface area contributed by atoms with E-state index in [0.29, 0.717) is 25.3 Å². The van der Waals surface area contributed by atoms with Crippen LogP contribution >= 0.6 is 12.2 Å². The highest BCUT2D eigenvalue weighted by atomic mass is 32.1. The van der Waals surface area contributed by atoms with Crippen molar-refractivity contribution in [3.8, 4) is 0 Å². The Morgan fingerprint density at radius 1 is 1.30 bits per heavy atom. The molecular formula is C21H24N4O4S. The second kappa shape index (κ2) is 9.64. The van der Waals surface area contributed by atoms with E-state index in [-0.39, 0.29) is 23.1 Å². The summed E-state index contributed by atoms with van der Waals surface area (Å²) in [5.74, 6) is -1.08. The topological polar surface area (TPSA) is 92.7 Å². The van der Waals surface area contributed by atoms with Crippen molar-refractivity contribution >= 4 is 52.0 Å². The molecular weight excluding hydrogens is 404 g/mol. The summed E-state index contributed by atoms with van der Waals surface area (Å²) in [5, 5.41) is 6.36. The third-order valence-electron chi connectivity index (χ3n) is 4.78. The molecule has 30 heavy (non-hydrogen) atoms. The molecule has 0 saturated carbocycles. The summed E-state index contributed by atoms with van der Waals surface area (Å²) in [6, 6.07) is 7.53. The van der Waals surface area contributed by atoms with Gasteiger partial charge in [0.05, 0.1) is 0 Å². The number of fused-ring (bicyclic) bond motifs is 1. The van der Waals surface area contributed by atoms with E-state index in [4.69, 9.17) is 17.0 Å². The maximum absolute atomic E-state index is 12.7. The zero-order chi connectivity index (χ0) is 21.7. The third-order valence-corrected chi connectivity index (χ3v) is 5.11. The number of hydrogen-bond donors (Lipinski definition) is 2. The van der Waals surface area contributed by atoms with Crippen molar-refractivity contribution in [1.29, 1.82) is 0 Å². The molecule has 0 bridgehead atoms. The molecule has 3 amide bonds. The molecule has 2 heterocycles. The van der Waals surface area contributed by atoms with Gasteiger partial charge in [0.15, 0.2) is 5.11 Å². The molecule has 1 saturated heterocycles. The highest BCUT2D eigenvalue weighted by Gasteiger charge is 2.32. The first kappa shape index (κ1) is 21.7. The normalized spacial score (nSPS) is 15.7. The Morgan fingerprint density at radius 2 is 2.07 bits per heavy atom. The van der Waals surface area contributed by atoms with E-state index >= 15 is 0 Å². The van der Waals surface area contributed by atoms with Crippen molar-refractivity contribution in [2.45, 2.75) is 19.9 Å². The van der Waals surface area contributed by atoms with Gasteiger partial charge in [0.2, 0.25) is 5.91 Å². The van der Waals surface area contributed by atoms with E-state index in [1.807, 2.05) is 24.3 Å². The Labute approximate surface area is 179 Å². The number of carbonyl (C=O) groups is 3. The van der Waals surface area contributed by atoms with Gasteiger partial charge in [-0.05, 0) is 37.7 Å². The molecule has 158 valence electrons. The molecule has 9 heteroatoms. The van der Waals surface area contributed by atoms with E-state index < -0.39 is 11.8 Å². The van der Waals surface area contributed by atoms with Crippen LogP contribution < -0.4 is 10.6 Å². The molecule has 1 aromatic heterocycles. The van der Waals surface area contributed by atoms with Crippen LogP contribution in [-0.4, -0.2) is 59.1 Å². The number of aromatic nitrogens is 1. The second-order valence-corrected chi connectivity index (χ2v) is 7.18. The Hall–Kier alpha value is -3.04. The zero-order valence-electron chi connectivity index (χ0n) is 16.9. The molecule has 2 N–H and O–H groups in total. The average Bonchev–Trinajstić information content (AvgIpc) is 3.06. The van der Waals surface area contributed by atoms with E-state index in [1.165, 1.54) is 4.90 Å². The van der Waals surface area contributed by atoms with Crippen molar-refractivity contribution in [1.82, 2.24) is 20.1 Å². The number of hydrogen-bond acceptors (Lipinski definition) is 5. The van der Waals surface area contributed by atoms with E-state index in [2.05, 4.69) is 10.6 Å². The predicted molar refractivity (Wildman–Crippen MR) is 118 cm³/mol. The minimum Gasteiger partial charge on any atom is -0.385 e. The number of rotatable bonds is 8. The molecule has 8 nitrogen and oxygen atoms in total. The molecule has 1 fully saturated rings. The highest BCUT2D eigenvalue weighted by molar-refractivity contribution is 7.80. The quantitative estimate of drug-likeness (QED) is 0.287. The number of likely N-dealkylation sites (N-methyl/N-ethyl adjacent to an activating group) is 1. The lowest BCUT2D eigenvalue weighted by atomic mass is 10.1. The van der Waals surface area contributed by atoms with Crippen molar-refractivity contribution in [2.75, 3.05) is 26.8 Å². The first-order valence-electron chi connectivity index (χ1n) is 9.68. The number of para-hydroxylation sites is 1. The Bertz CT molecular complexity index is 1030. The first-order valence-corrected chi connectivity index (χ1v) is 10.1. The van der Waals surface area contributed by atoms with Crippen LogP contribution in [0.1, 0.15) is 18.9 Å². The van der Waals surface area contributed by atoms with Gasteiger partial charge >= 0.3 is 0 Å². The fourth-order valence-corrected chi connectivity index (χ4v) is 3.62. The number of ether oxygens (including phenoxy) is 1. The molecule has 2 aromatic rings. The van der Waals surface area contributed by atoms with Gasteiger partial charge in [0, 0.05) is 49.5 Å². The number of benzene rings is 1. The maximum atomic E-state index is 12.7. The first-order chi connectivity index (χ1) is 14.5. The molecule has 3 rings (SSSR count). The summed E-state index contributed by atoms with van der Waals surface area (Å²) >= 11 is 5.07. The second-order valence-electron chi connectivity index (χ2n) is 6.79. The zero-order valence-corrected chi connectivity index (χ0v) is 17.8. The number of amides is 3. The number of thiocarbonyl (C=S) groups is 1. The van der Waals surface area contributed by atoms with Crippen LogP contribution in [0.5, 0.6) is 0 Å². The standard InChI is InChI=1S/C21H24N4O4S/c1-3-25-20(28)16(19(27)23-21(25)30)11-14-12-24(17-8-5-4-7-15(14)17)13-18(26)22-9-6-10-29-2/h4-5,7-8,11-12H,3,6,9-10,13H2,1-2H3,(H,22,26)(H,23,27,30)/b16-11+. The maximum Gasteiger partial charge on any atom is 0.265 e. The van der Waals surface area contributed by atoms with Crippen LogP contribution in [0.4, 0.5) is 0 Å². The highest BCUT2D eigenvalue weighted by Crippen LogP contribution is 2.25. The summed E-state index contributed by atoms with van der Waals surface area (Å²) in [5.41, 5.74) is 1.53. The van der Waals surface area contributed by atoms with Crippen molar-refractivity contribution < 1.29 is 19.1 Å².